The Morgan fingerprint density at radius 1 is 1.03 bits per heavy atom. The quantitative estimate of drug-likeness (QED) is 0.752. The lowest BCUT2D eigenvalue weighted by molar-refractivity contribution is -0.157. The zero-order valence-electron chi connectivity index (χ0n) is 18.4. The lowest BCUT2D eigenvalue weighted by Crippen LogP contribution is -2.58. The lowest BCUT2D eigenvalue weighted by Gasteiger charge is -2.57. The van der Waals surface area contributed by atoms with Gasteiger partial charge in [-0.1, -0.05) is 12.1 Å². The monoisotopic (exact) mass is 437 g/mol. The highest BCUT2D eigenvalue weighted by Gasteiger charge is 2.78. The maximum Gasteiger partial charge on any atom is 0.318 e. The van der Waals surface area contributed by atoms with Gasteiger partial charge in [0.2, 0.25) is 5.91 Å². The third-order valence-corrected chi connectivity index (χ3v) is 10.8. The van der Waals surface area contributed by atoms with Gasteiger partial charge in [0, 0.05) is 18.1 Å². The standard InChI is InChI=1S/C26H32FN3O2/c27-19-3-1-2-14(7-19)15-8-20-4-5-21(9-15)30(20)24(32)29-22-16-6-18-13-26(23(28)31)12-17(22)11-25(18,26)10-16/h1-3,7,15-18,20-22H,4-6,8-13H2,(H2,28,31)(H,29,32)/t15-,16?,17?,18?,20+,21-,22-,25?,26+/m0/s1. The molecule has 2 aliphatic heterocycles. The van der Waals surface area contributed by atoms with Crippen LogP contribution < -0.4 is 11.1 Å². The molecule has 5 nitrogen and oxygen atoms in total. The highest BCUT2D eigenvalue weighted by atomic mass is 19.1. The number of benzene rings is 1. The highest BCUT2D eigenvalue weighted by Crippen LogP contribution is 2.81. The number of halogens is 1. The van der Waals surface area contributed by atoms with Crippen LogP contribution >= 0.6 is 0 Å². The number of carbonyl (C=O) groups is 2. The lowest BCUT2D eigenvalue weighted by atomic mass is 9.46. The number of hydrogen-bond acceptors (Lipinski definition) is 2. The van der Waals surface area contributed by atoms with E-state index >= 15 is 0 Å². The van der Waals surface area contributed by atoms with Gasteiger partial charge in [-0.15, -0.1) is 0 Å². The summed E-state index contributed by atoms with van der Waals surface area (Å²) in [7, 11) is 0. The minimum atomic E-state index is -0.293. The fraction of sp³-hybridized carbons (Fsp3) is 0.692. The molecule has 2 saturated heterocycles. The van der Waals surface area contributed by atoms with Gasteiger partial charge in [-0.2, -0.15) is 0 Å². The average Bonchev–Trinajstić information content (AvgIpc) is 3.26. The smallest absolute Gasteiger partial charge is 0.318 e. The van der Waals surface area contributed by atoms with E-state index in [2.05, 4.69) is 10.2 Å². The number of fused-ring (bicyclic) bond motifs is 4. The van der Waals surface area contributed by atoms with Crippen LogP contribution in [-0.4, -0.2) is 35.0 Å². The van der Waals surface area contributed by atoms with Crippen molar-refractivity contribution in [3.63, 3.8) is 0 Å². The van der Waals surface area contributed by atoms with Crippen LogP contribution in [0.2, 0.25) is 0 Å². The van der Waals surface area contributed by atoms with Crippen LogP contribution in [0.25, 0.3) is 0 Å². The number of amides is 3. The molecular formula is C26H32FN3O2. The van der Waals surface area contributed by atoms with Crippen molar-refractivity contribution in [2.45, 2.75) is 81.8 Å². The molecule has 0 radical (unpaired) electrons. The van der Waals surface area contributed by atoms with Gasteiger partial charge in [-0.3, -0.25) is 4.79 Å². The van der Waals surface area contributed by atoms with Crippen molar-refractivity contribution in [2.24, 2.45) is 34.3 Å². The van der Waals surface area contributed by atoms with Crippen molar-refractivity contribution in [3.05, 3.63) is 35.6 Å². The van der Waals surface area contributed by atoms with Gasteiger partial charge in [-0.25, -0.2) is 9.18 Å². The summed E-state index contributed by atoms with van der Waals surface area (Å²) in [6, 6.07) is 7.73. The molecule has 1 aromatic carbocycles. The summed E-state index contributed by atoms with van der Waals surface area (Å²) in [6.45, 7) is 0. The van der Waals surface area contributed by atoms with Crippen molar-refractivity contribution < 1.29 is 14.0 Å². The molecule has 0 aromatic heterocycles. The van der Waals surface area contributed by atoms with Crippen molar-refractivity contribution >= 4 is 11.9 Å². The number of nitrogens with zero attached hydrogens (tertiary/aromatic N) is 1. The number of hydrogen-bond donors (Lipinski definition) is 2. The second-order valence-electron chi connectivity index (χ2n) is 11.9. The molecule has 7 rings (SSSR count). The van der Waals surface area contributed by atoms with Crippen molar-refractivity contribution in [1.29, 1.82) is 0 Å². The minimum absolute atomic E-state index is 0.0910. The summed E-state index contributed by atoms with van der Waals surface area (Å²) in [5.41, 5.74) is 6.85. The third kappa shape index (κ3) is 2.29. The van der Waals surface area contributed by atoms with E-state index in [4.69, 9.17) is 5.73 Å². The number of primary amides is 1. The van der Waals surface area contributed by atoms with Crippen molar-refractivity contribution in [2.75, 3.05) is 0 Å². The van der Waals surface area contributed by atoms with Gasteiger partial charge in [0.1, 0.15) is 5.82 Å². The van der Waals surface area contributed by atoms with Crippen LogP contribution in [0.4, 0.5) is 9.18 Å². The molecule has 4 aliphatic carbocycles. The second-order valence-corrected chi connectivity index (χ2v) is 11.9. The summed E-state index contributed by atoms with van der Waals surface area (Å²) in [5, 5.41) is 3.48. The van der Waals surface area contributed by atoms with Crippen LogP contribution in [-0.2, 0) is 4.79 Å². The molecule has 5 bridgehead atoms. The van der Waals surface area contributed by atoms with E-state index in [9.17, 15) is 14.0 Å². The predicted molar refractivity (Wildman–Crippen MR) is 117 cm³/mol. The summed E-state index contributed by atoms with van der Waals surface area (Å²) < 4.78 is 13.7. The number of nitrogens with two attached hydrogens (primary N) is 1. The molecule has 3 N–H and O–H groups in total. The maximum absolute atomic E-state index is 13.7. The molecule has 32 heavy (non-hydrogen) atoms. The van der Waals surface area contributed by atoms with Crippen LogP contribution in [0.5, 0.6) is 0 Å². The number of urea groups is 1. The molecular weight excluding hydrogens is 405 g/mol. The van der Waals surface area contributed by atoms with Gasteiger partial charge >= 0.3 is 6.03 Å². The Bertz CT molecular complexity index is 997. The predicted octanol–water partition coefficient (Wildman–Crippen LogP) is 3.93. The fourth-order valence-corrected chi connectivity index (χ4v) is 9.74. The SMILES string of the molecule is NC(=O)[C@]12CC3CC14CC(CC4C2)[C@@H]3NC(=O)N1[C@@H]2CC[C@H]1C[C@@H](c1cccc(F)c1)C2. The zero-order chi connectivity index (χ0) is 21.8. The Morgan fingerprint density at radius 3 is 2.50 bits per heavy atom. The summed E-state index contributed by atoms with van der Waals surface area (Å²) in [6.07, 6.45) is 9.04. The molecule has 170 valence electrons. The average molecular weight is 438 g/mol. The molecule has 1 aromatic rings. The number of nitrogens with one attached hydrogen (secondary N) is 1. The van der Waals surface area contributed by atoms with Crippen molar-refractivity contribution in [1.82, 2.24) is 10.2 Å². The summed E-state index contributed by atoms with van der Waals surface area (Å²) in [5.74, 6) is 1.57. The first-order chi connectivity index (χ1) is 15.4. The Labute approximate surface area is 188 Å². The highest BCUT2D eigenvalue weighted by molar-refractivity contribution is 5.84. The van der Waals surface area contributed by atoms with Gasteiger partial charge in [-0.05, 0) is 105 Å². The minimum Gasteiger partial charge on any atom is -0.369 e. The molecule has 2 heterocycles. The van der Waals surface area contributed by atoms with E-state index in [0.29, 0.717) is 23.7 Å². The molecule has 4 unspecified atom stereocenters. The summed E-state index contributed by atoms with van der Waals surface area (Å²) in [4.78, 5) is 28.1. The maximum atomic E-state index is 13.7. The largest absolute Gasteiger partial charge is 0.369 e. The normalized spacial score (nSPS) is 47.3. The van der Waals surface area contributed by atoms with E-state index in [-0.39, 0.29) is 46.7 Å². The van der Waals surface area contributed by atoms with Crippen molar-refractivity contribution in [3.8, 4) is 0 Å². The van der Waals surface area contributed by atoms with Crippen LogP contribution in [0, 0.1) is 34.4 Å². The van der Waals surface area contributed by atoms with Gasteiger partial charge in [0.15, 0.2) is 0 Å². The van der Waals surface area contributed by atoms with Crippen LogP contribution in [0.3, 0.4) is 0 Å². The van der Waals surface area contributed by atoms with E-state index in [1.54, 1.807) is 12.1 Å². The third-order valence-electron chi connectivity index (χ3n) is 10.8. The second kappa shape index (κ2) is 6.27. The van der Waals surface area contributed by atoms with Crippen LogP contribution in [0.1, 0.15) is 69.3 Å². The molecule has 1 spiro atoms. The van der Waals surface area contributed by atoms with E-state index in [0.717, 1.165) is 63.4 Å². The molecule has 6 fully saturated rings. The summed E-state index contributed by atoms with van der Waals surface area (Å²) >= 11 is 0. The molecule has 9 atom stereocenters. The Kier molecular flexibility index (Phi) is 3.79. The topological polar surface area (TPSA) is 75.4 Å². The Hall–Kier alpha value is -2.11. The first-order valence-corrected chi connectivity index (χ1v) is 12.5. The van der Waals surface area contributed by atoms with E-state index in [1.165, 1.54) is 6.07 Å². The van der Waals surface area contributed by atoms with E-state index in [1.807, 2.05) is 6.07 Å². The number of carbonyl (C=O) groups excluding carboxylic acids is 2. The zero-order valence-corrected chi connectivity index (χ0v) is 18.4. The first kappa shape index (κ1) is 19.4. The van der Waals surface area contributed by atoms with E-state index < -0.39 is 0 Å². The van der Waals surface area contributed by atoms with Gasteiger partial charge in [0.05, 0.1) is 5.41 Å². The molecule has 6 aliphatic rings. The van der Waals surface area contributed by atoms with Gasteiger partial charge in [0.25, 0.3) is 0 Å². The van der Waals surface area contributed by atoms with Crippen LogP contribution in [0.15, 0.2) is 24.3 Å². The molecule has 3 amide bonds. The number of rotatable bonds is 3. The fourth-order valence-electron chi connectivity index (χ4n) is 9.74. The Morgan fingerprint density at radius 2 is 1.78 bits per heavy atom. The number of piperidine rings is 1. The first-order valence-electron chi connectivity index (χ1n) is 12.5. The molecule has 4 saturated carbocycles. The van der Waals surface area contributed by atoms with Gasteiger partial charge < -0.3 is 16.0 Å². The molecule has 6 heteroatoms. The Balaban J connectivity index is 1.08.